The van der Waals surface area contributed by atoms with Gasteiger partial charge in [0.1, 0.15) is 0 Å². The summed E-state index contributed by atoms with van der Waals surface area (Å²) in [5.41, 5.74) is 7.54. The molecule has 3 N–H and O–H groups in total. The van der Waals surface area contributed by atoms with Crippen molar-refractivity contribution in [1.82, 2.24) is 5.32 Å². The van der Waals surface area contributed by atoms with Gasteiger partial charge in [0.15, 0.2) is 5.75 Å². The average molecular weight is 291 g/mol. The van der Waals surface area contributed by atoms with Crippen LogP contribution < -0.4 is 15.8 Å². The van der Waals surface area contributed by atoms with Crippen LogP contribution >= 0.6 is 11.6 Å². The zero-order chi connectivity index (χ0) is 14.5. The molecule has 0 aromatic heterocycles. The molecule has 4 nitrogen and oxygen atoms in total. The van der Waals surface area contributed by atoms with Crippen LogP contribution in [0.1, 0.15) is 15.9 Å². The number of hydrogen-bond donors (Lipinski definition) is 2. The third-order valence-corrected chi connectivity index (χ3v) is 3.07. The lowest BCUT2D eigenvalue weighted by Crippen LogP contribution is -2.23. The molecule has 0 atom stereocenters. The first kappa shape index (κ1) is 14.2. The highest BCUT2D eigenvalue weighted by atomic mass is 35.5. The van der Waals surface area contributed by atoms with Crippen LogP contribution in [0.5, 0.6) is 5.75 Å². The summed E-state index contributed by atoms with van der Waals surface area (Å²) in [5.74, 6) is 0.144. The zero-order valence-corrected chi connectivity index (χ0v) is 11.8. The number of rotatable bonds is 4. The normalized spacial score (nSPS) is 10.1. The first-order valence-corrected chi connectivity index (χ1v) is 6.44. The van der Waals surface area contributed by atoms with Gasteiger partial charge in [-0.05, 0) is 29.8 Å². The number of nitrogens with two attached hydrogens (primary N) is 1. The van der Waals surface area contributed by atoms with Crippen molar-refractivity contribution in [2.24, 2.45) is 0 Å². The van der Waals surface area contributed by atoms with Gasteiger partial charge in [0.25, 0.3) is 5.91 Å². The monoisotopic (exact) mass is 290 g/mol. The summed E-state index contributed by atoms with van der Waals surface area (Å²) in [5, 5.41) is 3.45. The minimum atomic E-state index is -0.242. The standard InChI is InChI=1S/C15H15ClN2O2/c1-20-14-12(6-3-7-13(14)17)15(19)18-9-10-4-2-5-11(16)8-10/h2-8H,9,17H2,1H3,(H,18,19). The predicted octanol–water partition coefficient (Wildman–Crippen LogP) is 2.86. The van der Waals surface area contributed by atoms with Gasteiger partial charge < -0.3 is 15.8 Å². The van der Waals surface area contributed by atoms with Gasteiger partial charge in [0.2, 0.25) is 0 Å². The number of anilines is 1. The average Bonchev–Trinajstić information content (AvgIpc) is 2.44. The van der Waals surface area contributed by atoms with E-state index in [1.54, 1.807) is 30.3 Å². The molecule has 0 saturated carbocycles. The molecule has 2 rings (SSSR count). The lowest BCUT2D eigenvalue weighted by Gasteiger charge is -2.11. The lowest BCUT2D eigenvalue weighted by atomic mass is 10.1. The van der Waals surface area contributed by atoms with Crippen molar-refractivity contribution < 1.29 is 9.53 Å². The van der Waals surface area contributed by atoms with Gasteiger partial charge >= 0.3 is 0 Å². The van der Waals surface area contributed by atoms with Gasteiger partial charge in [-0.2, -0.15) is 0 Å². The van der Waals surface area contributed by atoms with Gasteiger partial charge in [-0.25, -0.2) is 0 Å². The summed E-state index contributed by atoms with van der Waals surface area (Å²) in [6.45, 7) is 0.386. The third-order valence-electron chi connectivity index (χ3n) is 2.84. The molecule has 5 heteroatoms. The first-order valence-electron chi connectivity index (χ1n) is 6.07. The van der Waals surface area contributed by atoms with E-state index in [0.29, 0.717) is 28.6 Å². The molecule has 2 aromatic carbocycles. The number of carbonyl (C=O) groups is 1. The van der Waals surface area contributed by atoms with Crippen LogP contribution in [0.2, 0.25) is 5.02 Å². The SMILES string of the molecule is COc1c(N)cccc1C(=O)NCc1cccc(Cl)c1. The maximum Gasteiger partial charge on any atom is 0.255 e. The number of nitrogen functional groups attached to an aromatic ring is 1. The second-order valence-corrected chi connectivity index (χ2v) is 4.68. The first-order chi connectivity index (χ1) is 9.61. The second-order valence-electron chi connectivity index (χ2n) is 4.24. The highest BCUT2D eigenvalue weighted by molar-refractivity contribution is 6.30. The Morgan fingerprint density at radius 2 is 2.05 bits per heavy atom. The number of ether oxygens (including phenoxy) is 1. The molecule has 104 valence electrons. The minimum absolute atomic E-state index is 0.242. The molecule has 20 heavy (non-hydrogen) atoms. The van der Waals surface area contributed by atoms with Gasteiger partial charge in [-0.15, -0.1) is 0 Å². The summed E-state index contributed by atoms with van der Waals surface area (Å²) in [6.07, 6.45) is 0. The Morgan fingerprint density at radius 1 is 1.30 bits per heavy atom. The van der Waals surface area contributed by atoms with Crippen molar-refractivity contribution in [3.8, 4) is 5.75 Å². The van der Waals surface area contributed by atoms with Crippen molar-refractivity contribution in [3.05, 3.63) is 58.6 Å². The van der Waals surface area contributed by atoms with Crippen LogP contribution in [-0.2, 0) is 6.54 Å². The van der Waals surface area contributed by atoms with Gasteiger partial charge in [-0.1, -0.05) is 29.8 Å². The number of benzene rings is 2. The van der Waals surface area contributed by atoms with E-state index in [9.17, 15) is 4.79 Å². The number of halogens is 1. The summed E-state index contributed by atoms with van der Waals surface area (Å²) in [4.78, 5) is 12.2. The molecular formula is C15H15ClN2O2. The summed E-state index contributed by atoms with van der Waals surface area (Å²) >= 11 is 5.90. The molecule has 0 fully saturated rings. The molecule has 1 amide bonds. The van der Waals surface area contributed by atoms with Gasteiger partial charge in [0.05, 0.1) is 18.4 Å². The highest BCUT2D eigenvalue weighted by Crippen LogP contribution is 2.25. The minimum Gasteiger partial charge on any atom is -0.494 e. The van der Waals surface area contributed by atoms with E-state index >= 15 is 0 Å². The molecule has 0 aliphatic heterocycles. The van der Waals surface area contributed by atoms with E-state index in [1.807, 2.05) is 12.1 Å². The number of amides is 1. The van der Waals surface area contributed by atoms with Crippen LogP contribution in [0.25, 0.3) is 0 Å². The van der Waals surface area contributed by atoms with E-state index < -0.39 is 0 Å². The molecule has 0 aliphatic rings. The maximum absolute atomic E-state index is 12.2. The smallest absolute Gasteiger partial charge is 0.255 e. The number of carbonyl (C=O) groups excluding carboxylic acids is 1. The molecule has 0 saturated heterocycles. The Bertz CT molecular complexity index is 629. The molecule has 0 heterocycles. The number of methoxy groups -OCH3 is 1. The second kappa shape index (κ2) is 6.30. The quantitative estimate of drug-likeness (QED) is 0.851. The van der Waals surface area contributed by atoms with E-state index in [-0.39, 0.29) is 5.91 Å². The molecular weight excluding hydrogens is 276 g/mol. The molecule has 0 spiro atoms. The van der Waals surface area contributed by atoms with Crippen molar-refractivity contribution >= 4 is 23.2 Å². The fourth-order valence-electron chi connectivity index (χ4n) is 1.89. The molecule has 0 unspecified atom stereocenters. The van der Waals surface area contributed by atoms with E-state index in [0.717, 1.165) is 5.56 Å². The Hall–Kier alpha value is -2.20. The van der Waals surface area contributed by atoms with Crippen molar-refractivity contribution in [1.29, 1.82) is 0 Å². The summed E-state index contributed by atoms with van der Waals surface area (Å²) < 4.78 is 5.16. The number of nitrogens with one attached hydrogen (secondary N) is 1. The number of para-hydroxylation sites is 1. The van der Waals surface area contributed by atoms with E-state index in [2.05, 4.69) is 5.32 Å². The van der Waals surface area contributed by atoms with Crippen LogP contribution in [-0.4, -0.2) is 13.0 Å². The Labute approximate surface area is 122 Å². The Balaban J connectivity index is 2.11. The predicted molar refractivity (Wildman–Crippen MR) is 80.0 cm³/mol. The van der Waals surface area contributed by atoms with Crippen molar-refractivity contribution in [3.63, 3.8) is 0 Å². The largest absolute Gasteiger partial charge is 0.494 e. The molecule has 2 aromatic rings. The summed E-state index contributed by atoms with van der Waals surface area (Å²) in [7, 11) is 1.49. The van der Waals surface area contributed by atoms with Crippen LogP contribution in [0.15, 0.2) is 42.5 Å². The van der Waals surface area contributed by atoms with Gasteiger partial charge in [0, 0.05) is 11.6 Å². The summed E-state index contributed by atoms with van der Waals surface area (Å²) in [6, 6.07) is 12.4. The van der Waals surface area contributed by atoms with Crippen LogP contribution in [0.4, 0.5) is 5.69 Å². The maximum atomic E-state index is 12.2. The Kier molecular flexibility index (Phi) is 4.48. The van der Waals surface area contributed by atoms with Crippen LogP contribution in [0.3, 0.4) is 0 Å². The van der Waals surface area contributed by atoms with Crippen LogP contribution in [0, 0.1) is 0 Å². The van der Waals surface area contributed by atoms with E-state index in [1.165, 1.54) is 7.11 Å². The zero-order valence-electron chi connectivity index (χ0n) is 11.0. The van der Waals surface area contributed by atoms with E-state index in [4.69, 9.17) is 22.1 Å². The number of hydrogen-bond acceptors (Lipinski definition) is 3. The highest BCUT2D eigenvalue weighted by Gasteiger charge is 2.13. The fourth-order valence-corrected chi connectivity index (χ4v) is 2.10. The topological polar surface area (TPSA) is 64.3 Å². The molecule has 0 aliphatic carbocycles. The van der Waals surface area contributed by atoms with Crippen molar-refractivity contribution in [2.45, 2.75) is 6.54 Å². The molecule has 0 radical (unpaired) electrons. The lowest BCUT2D eigenvalue weighted by molar-refractivity contribution is 0.0948. The molecule has 0 bridgehead atoms. The Morgan fingerprint density at radius 3 is 2.75 bits per heavy atom. The fraction of sp³-hybridized carbons (Fsp3) is 0.133. The third kappa shape index (κ3) is 3.22. The van der Waals surface area contributed by atoms with Crippen molar-refractivity contribution in [2.75, 3.05) is 12.8 Å². The van der Waals surface area contributed by atoms with Gasteiger partial charge in [-0.3, -0.25) is 4.79 Å².